The van der Waals surface area contributed by atoms with Crippen LogP contribution in [0.15, 0.2) is 22.7 Å². The van der Waals surface area contributed by atoms with Gasteiger partial charge in [-0.15, -0.1) is 0 Å². The van der Waals surface area contributed by atoms with Crippen molar-refractivity contribution in [3.63, 3.8) is 0 Å². The Morgan fingerprint density at radius 1 is 1.37 bits per heavy atom. The lowest BCUT2D eigenvalue weighted by Crippen LogP contribution is -1.99. The van der Waals surface area contributed by atoms with Crippen molar-refractivity contribution in [1.29, 1.82) is 0 Å². The van der Waals surface area contributed by atoms with Crippen molar-refractivity contribution in [2.24, 2.45) is 0 Å². The van der Waals surface area contributed by atoms with E-state index in [9.17, 15) is 0 Å². The van der Waals surface area contributed by atoms with Crippen molar-refractivity contribution in [3.05, 3.63) is 23.2 Å². The summed E-state index contributed by atoms with van der Waals surface area (Å²) >= 11 is 6.24. The van der Waals surface area contributed by atoms with Crippen molar-refractivity contribution in [2.45, 2.75) is 18.9 Å². The van der Waals surface area contributed by atoms with E-state index in [-0.39, 0.29) is 6.10 Å². The molecule has 0 radical (unpaired) electrons. The number of nitrogens with zero attached hydrogens (tertiary/aromatic N) is 1. The smallest absolute Gasteiger partial charge is 0.180 e. The Hall–Kier alpha value is -1.88. The number of hydrogen-bond donors (Lipinski definition) is 1. The van der Waals surface area contributed by atoms with Gasteiger partial charge in [0.05, 0.1) is 18.2 Å². The number of ether oxygens (including phenoxy) is 2. The lowest BCUT2D eigenvalue weighted by Gasteiger charge is -2.12. The zero-order valence-electron chi connectivity index (χ0n) is 10.4. The maximum Gasteiger partial charge on any atom is 0.180 e. The molecule has 1 aliphatic carbocycles. The molecule has 0 unspecified atom stereocenters. The highest BCUT2D eigenvalue weighted by Gasteiger charge is 2.26. The second-order valence-corrected chi connectivity index (χ2v) is 4.83. The fourth-order valence-electron chi connectivity index (χ4n) is 1.75. The predicted octanol–water partition coefficient (Wildman–Crippen LogP) is 3.13. The summed E-state index contributed by atoms with van der Waals surface area (Å²) in [5.41, 5.74) is 6.28. The highest BCUT2D eigenvalue weighted by Crippen LogP contribution is 2.42. The van der Waals surface area contributed by atoms with Crippen LogP contribution in [0.3, 0.4) is 0 Å². The van der Waals surface area contributed by atoms with E-state index in [0.717, 1.165) is 18.4 Å². The lowest BCUT2D eigenvalue weighted by molar-refractivity contribution is 0.282. The molecule has 2 N–H and O–H groups in total. The standard InChI is InChI=1S/C13H13ClN2O3/c1-17-11-5-7(10-6-12(15)16-19-10)4-9(14)13(11)18-8-2-3-8/h4-6,8H,2-3H2,1H3,(H2,15,16). The topological polar surface area (TPSA) is 70.5 Å². The molecule has 0 saturated heterocycles. The summed E-state index contributed by atoms with van der Waals surface area (Å²) in [6.07, 6.45) is 2.36. The first-order valence-corrected chi connectivity index (χ1v) is 6.32. The van der Waals surface area contributed by atoms with E-state index in [1.165, 1.54) is 0 Å². The highest BCUT2D eigenvalue weighted by molar-refractivity contribution is 6.32. The Bertz CT molecular complexity index is 608. The monoisotopic (exact) mass is 280 g/mol. The zero-order chi connectivity index (χ0) is 13.4. The minimum atomic E-state index is 0.248. The molecule has 0 amide bonds. The number of hydrogen-bond acceptors (Lipinski definition) is 5. The maximum atomic E-state index is 6.24. The van der Waals surface area contributed by atoms with Crippen LogP contribution in [0.25, 0.3) is 11.3 Å². The number of rotatable bonds is 4. The van der Waals surface area contributed by atoms with Crippen LogP contribution in [-0.2, 0) is 0 Å². The molecule has 6 heteroatoms. The van der Waals surface area contributed by atoms with Crippen LogP contribution in [0.1, 0.15) is 12.8 Å². The van der Waals surface area contributed by atoms with Crippen molar-refractivity contribution in [1.82, 2.24) is 5.16 Å². The SMILES string of the molecule is COc1cc(-c2cc(N)no2)cc(Cl)c1OC1CC1. The van der Waals surface area contributed by atoms with E-state index in [4.69, 9.17) is 31.3 Å². The van der Waals surface area contributed by atoms with Gasteiger partial charge in [-0.1, -0.05) is 16.8 Å². The Labute approximate surface area is 115 Å². The number of anilines is 1. The summed E-state index contributed by atoms with van der Waals surface area (Å²) in [5, 5.41) is 4.13. The van der Waals surface area contributed by atoms with E-state index in [0.29, 0.717) is 28.1 Å². The van der Waals surface area contributed by atoms with Crippen molar-refractivity contribution < 1.29 is 14.0 Å². The molecule has 2 aromatic rings. The van der Waals surface area contributed by atoms with E-state index in [2.05, 4.69) is 5.16 Å². The van der Waals surface area contributed by atoms with E-state index in [1.54, 1.807) is 25.3 Å². The molecule has 1 aromatic carbocycles. The second-order valence-electron chi connectivity index (χ2n) is 4.42. The zero-order valence-corrected chi connectivity index (χ0v) is 11.1. The first-order chi connectivity index (χ1) is 9.17. The summed E-state index contributed by atoms with van der Waals surface area (Å²) in [6, 6.07) is 5.18. The van der Waals surface area contributed by atoms with E-state index < -0.39 is 0 Å². The lowest BCUT2D eigenvalue weighted by atomic mass is 10.1. The summed E-state index contributed by atoms with van der Waals surface area (Å²) < 4.78 is 16.2. The third kappa shape index (κ3) is 2.46. The minimum Gasteiger partial charge on any atom is -0.493 e. The molecule has 0 spiro atoms. The fourth-order valence-corrected chi connectivity index (χ4v) is 2.01. The Morgan fingerprint density at radius 2 is 2.16 bits per heavy atom. The molecule has 1 aliphatic rings. The quantitative estimate of drug-likeness (QED) is 0.932. The average molecular weight is 281 g/mol. The molecule has 3 rings (SSSR count). The summed E-state index contributed by atoms with van der Waals surface area (Å²) in [4.78, 5) is 0. The van der Waals surface area contributed by atoms with Crippen LogP contribution < -0.4 is 15.2 Å². The van der Waals surface area contributed by atoms with Gasteiger partial charge in [0.15, 0.2) is 23.1 Å². The Balaban J connectivity index is 2.00. The van der Waals surface area contributed by atoms with Gasteiger partial charge in [-0.2, -0.15) is 0 Å². The number of halogens is 1. The van der Waals surface area contributed by atoms with Crippen molar-refractivity contribution in [2.75, 3.05) is 12.8 Å². The average Bonchev–Trinajstić information content (AvgIpc) is 3.11. The third-order valence-corrected chi connectivity index (χ3v) is 3.13. The fraction of sp³-hybridized carbons (Fsp3) is 0.308. The minimum absolute atomic E-state index is 0.248. The molecule has 1 saturated carbocycles. The Kier molecular flexibility index (Phi) is 2.98. The predicted molar refractivity (Wildman–Crippen MR) is 71.6 cm³/mol. The number of methoxy groups -OCH3 is 1. The van der Waals surface area contributed by atoms with Gasteiger partial charge in [0.2, 0.25) is 0 Å². The van der Waals surface area contributed by atoms with E-state index >= 15 is 0 Å². The van der Waals surface area contributed by atoms with Crippen LogP contribution in [0, 0.1) is 0 Å². The van der Waals surface area contributed by atoms with E-state index in [1.807, 2.05) is 0 Å². The van der Waals surface area contributed by atoms with Crippen LogP contribution in [-0.4, -0.2) is 18.4 Å². The Morgan fingerprint density at radius 3 is 2.74 bits per heavy atom. The van der Waals surface area contributed by atoms with Crippen LogP contribution >= 0.6 is 11.6 Å². The van der Waals surface area contributed by atoms with Crippen molar-refractivity contribution in [3.8, 4) is 22.8 Å². The second kappa shape index (κ2) is 4.66. The number of aromatic nitrogens is 1. The number of nitrogen functional groups attached to an aromatic ring is 1. The van der Waals surface area contributed by atoms with Gasteiger partial charge < -0.3 is 19.7 Å². The van der Waals surface area contributed by atoms with Gasteiger partial charge in [-0.05, 0) is 25.0 Å². The van der Waals surface area contributed by atoms with Crippen LogP contribution in [0.2, 0.25) is 5.02 Å². The highest BCUT2D eigenvalue weighted by atomic mass is 35.5. The first-order valence-electron chi connectivity index (χ1n) is 5.94. The molecular formula is C13H13ClN2O3. The van der Waals surface area contributed by atoms with Gasteiger partial charge in [-0.25, -0.2) is 0 Å². The van der Waals surface area contributed by atoms with Gasteiger partial charge in [-0.3, -0.25) is 0 Å². The molecule has 1 heterocycles. The molecule has 0 bridgehead atoms. The van der Waals surface area contributed by atoms with Crippen LogP contribution in [0.4, 0.5) is 5.82 Å². The molecule has 19 heavy (non-hydrogen) atoms. The normalized spacial score (nSPS) is 14.4. The first kappa shape index (κ1) is 12.2. The number of nitrogens with two attached hydrogens (primary N) is 1. The van der Waals surface area contributed by atoms with Crippen LogP contribution in [0.5, 0.6) is 11.5 Å². The maximum absolute atomic E-state index is 6.24. The number of benzene rings is 1. The molecule has 0 aliphatic heterocycles. The largest absolute Gasteiger partial charge is 0.493 e. The van der Waals surface area contributed by atoms with Gasteiger partial charge in [0.25, 0.3) is 0 Å². The van der Waals surface area contributed by atoms with Crippen molar-refractivity contribution >= 4 is 17.4 Å². The molecule has 1 fully saturated rings. The molecule has 5 nitrogen and oxygen atoms in total. The van der Waals surface area contributed by atoms with Gasteiger partial charge in [0.1, 0.15) is 0 Å². The van der Waals surface area contributed by atoms with Gasteiger partial charge in [0, 0.05) is 11.6 Å². The molecule has 1 aromatic heterocycles. The molecule has 0 atom stereocenters. The summed E-state index contributed by atoms with van der Waals surface area (Å²) in [7, 11) is 1.57. The third-order valence-electron chi connectivity index (χ3n) is 2.85. The molecule has 100 valence electrons. The van der Waals surface area contributed by atoms with Gasteiger partial charge >= 0.3 is 0 Å². The summed E-state index contributed by atoms with van der Waals surface area (Å²) in [5.74, 6) is 2.01. The summed E-state index contributed by atoms with van der Waals surface area (Å²) in [6.45, 7) is 0. The molecular weight excluding hydrogens is 268 g/mol.